The number of aliphatic hydroxyl groups is 1. The van der Waals surface area contributed by atoms with E-state index >= 15 is 0 Å². The molecule has 3 unspecified atom stereocenters. The van der Waals surface area contributed by atoms with E-state index in [-0.39, 0.29) is 18.6 Å². The van der Waals surface area contributed by atoms with Gasteiger partial charge in [0.1, 0.15) is 0 Å². The highest BCUT2D eigenvalue weighted by Gasteiger charge is 2.44. The number of carbonyl (C=O) groups excluding carboxylic acids is 2. The second-order valence-electron chi connectivity index (χ2n) is 9.16. The first kappa shape index (κ1) is 27.1. The molecule has 5 rings (SSSR count). The standard InChI is InChI=1S/C22H23Cl2N3O2.C6H7NO/c23-13-8-9-17(18(24)11-13)20-19(21(25)28)15-6-1-2-7-16(15)22(29)27(20)12-14-5-3-4-10-26-14;8-5-6-3-1-2-4-7-6/h1-2,6-9,11,14,19-20,26H,3-5,10,12H2,(H2,25,28);1-4,8H,5H2. The molecule has 0 radical (unpaired) electrons. The van der Waals surface area contributed by atoms with E-state index in [9.17, 15) is 9.59 Å². The van der Waals surface area contributed by atoms with E-state index in [1.165, 1.54) is 0 Å². The van der Waals surface area contributed by atoms with Crippen molar-refractivity contribution in [2.45, 2.75) is 43.9 Å². The van der Waals surface area contributed by atoms with Crippen LogP contribution in [0.15, 0.2) is 66.9 Å². The van der Waals surface area contributed by atoms with Crippen LogP contribution in [0.5, 0.6) is 0 Å². The topological polar surface area (TPSA) is 109 Å². The SMILES string of the molecule is NC(=O)C1c2ccccc2C(=O)N(CC2CCCCN2)C1c1ccc(Cl)cc1Cl.OCc1ccccn1. The second-order valence-corrected chi connectivity index (χ2v) is 10.0. The first-order chi connectivity index (χ1) is 17.9. The van der Waals surface area contributed by atoms with Gasteiger partial charge in [0, 0.05) is 34.4 Å². The highest BCUT2D eigenvalue weighted by molar-refractivity contribution is 6.35. The van der Waals surface area contributed by atoms with Gasteiger partial charge >= 0.3 is 0 Å². The smallest absolute Gasteiger partial charge is 0.254 e. The Hall–Kier alpha value is -2.97. The number of rotatable bonds is 5. The molecule has 3 aromatic rings. The fourth-order valence-corrected chi connectivity index (χ4v) is 5.52. The number of primary amides is 1. The van der Waals surface area contributed by atoms with Gasteiger partial charge in [-0.25, -0.2) is 0 Å². The third-order valence-corrected chi connectivity index (χ3v) is 7.31. The summed E-state index contributed by atoms with van der Waals surface area (Å²) in [5.41, 5.74) is 8.43. The first-order valence-corrected chi connectivity index (χ1v) is 13.0. The van der Waals surface area contributed by atoms with Gasteiger partial charge in [0.15, 0.2) is 0 Å². The van der Waals surface area contributed by atoms with Crippen LogP contribution in [0.1, 0.15) is 58.4 Å². The summed E-state index contributed by atoms with van der Waals surface area (Å²) >= 11 is 12.6. The number of fused-ring (bicyclic) bond motifs is 1. The van der Waals surface area contributed by atoms with Crippen molar-refractivity contribution in [2.75, 3.05) is 13.1 Å². The lowest BCUT2D eigenvalue weighted by Gasteiger charge is -2.43. The Morgan fingerprint density at radius 1 is 1.08 bits per heavy atom. The molecule has 2 amide bonds. The Morgan fingerprint density at radius 3 is 2.49 bits per heavy atom. The Labute approximate surface area is 226 Å². The molecule has 1 fully saturated rings. The molecule has 194 valence electrons. The molecule has 2 aromatic carbocycles. The van der Waals surface area contributed by atoms with E-state index < -0.39 is 17.9 Å². The predicted octanol–water partition coefficient (Wildman–Crippen LogP) is 4.48. The van der Waals surface area contributed by atoms with Crippen LogP contribution in [0.25, 0.3) is 0 Å². The average molecular weight is 541 g/mol. The molecule has 1 aromatic heterocycles. The van der Waals surface area contributed by atoms with E-state index in [0.29, 0.717) is 39.0 Å². The van der Waals surface area contributed by atoms with Gasteiger partial charge in [-0.1, -0.05) is 60.0 Å². The van der Waals surface area contributed by atoms with Gasteiger partial charge in [-0.15, -0.1) is 0 Å². The number of hydrogen-bond acceptors (Lipinski definition) is 5. The number of hydrogen-bond donors (Lipinski definition) is 3. The molecule has 37 heavy (non-hydrogen) atoms. The summed E-state index contributed by atoms with van der Waals surface area (Å²) in [5, 5.41) is 12.9. The molecule has 7 nitrogen and oxygen atoms in total. The lowest BCUT2D eigenvalue weighted by atomic mass is 9.79. The van der Waals surface area contributed by atoms with Crippen molar-refractivity contribution in [3.63, 3.8) is 0 Å². The van der Waals surface area contributed by atoms with Gasteiger partial charge in [0.25, 0.3) is 5.91 Å². The van der Waals surface area contributed by atoms with Crippen LogP contribution in [0.4, 0.5) is 0 Å². The van der Waals surface area contributed by atoms with Crippen molar-refractivity contribution < 1.29 is 14.7 Å². The van der Waals surface area contributed by atoms with Crippen LogP contribution in [0, 0.1) is 0 Å². The minimum Gasteiger partial charge on any atom is -0.390 e. The number of nitrogens with zero attached hydrogens (tertiary/aromatic N) is 2. The van der Waals surface area contributed by atoms with Crippen molar-refractivity contribution >= 4 is 35.0 Å². The Morgan fingerprint density at radius 2 is 1.86 bits per heavy atom. The Bertz CT molecular complexity index is 1240. The van der Waals surface area contributed by atoms with Gasteiger partial charge in [0.2, 0.25) is 5.91 Å². The summed E-state index contributed by atoms with van der Waals surface area (Å²) in [7, 11) is 0. The van der Waals surface area contributed by atoms with Crippen molar-refractivity contribution in [1.29, 1.82) is 0 Å². The number of piperidine rings is 1. The summed E-state index contributed by atoms with van der Waals surface area (Å²) in [4.78, 5) is 31.7. The van der Waals surface area contributed by atoms with Gasteiger partial charge in [0.05, 0.1) is 24.3 Å². The normalized spacial score (nSPS) is 21.0. The van der Waals surface area contributed by atoms with E-state index in [0.717, 1.165) is 25.8 Å². The molecule has 2 aliphatic heterocycles. The molecule has 3 heterocycles. The molecular formula is C28H30Cl2N4O3. The zero-order valence-electron chi connectivity index (χ0n) is 20.3. The molecule has 2 aliphatic rings. The number of aromatic nitrogens is 1. The van der Waals surface area contributed by atoms with Crippen LogP contribution in [0.2, 0.25) is 10.0 Å². The van der Waals surface area contributed by atoms with E-state index in [1.807, 2.05) is 18.2 Å². The number of aliphatic hydroxyl groups excluding tert-OH is 1. The van der Waals surface area contributed by atoms with Crippen LogP contribution in [-0.2, 0) is 11.4 Å². The number of nitrogens with two attached hydrogens (primary N) is 1. The van der Waals surface area contributed by atoms with Crippen molar-refractivity contribution in [1.82, 2.24) is 15.2 Å². The zero-order chi connectivity index (χ0) is 26.4. The van der Waals surface area contributed by atoms with Crippen LogP contribution in [-0.4, -0.2) is 45.9 Å². The average Bonchev–Trinajstić information content (AvgIpc) is 2.91. The summed E-state index contributed by atoms with van der Waals surface area (Å²) in [6, 6.07) is 17.4. The van der Waals surface area contributed by atoms with Crippen molar-refractivity contribution in [3.05, 3.63) is 99.3 Å². The summed E-state index contributed by atoms with van der Waals surface area (Å²) in [6.45, 7) is 1.44. The van der Waals surface area contributed by atoms with E-state index in [2.05, 4.69) is 10.3 Å². The lowest BCUT2D eigenvalue weighted by Crippen LogP contribution is -2.52. The molecule has 1 saturated heterocycles. The summed E-state index contributed by atoms with van der Waals surface area (Å²) in [6.07, 6.45) is 4.88. The summed E-state index contributed by atoms with van der Waals surface area (Å²) < 4.78 is 0. The minimum absolute atomic E-state index is 0.0286. The van der Waals surface area contributed by atoms with E-state index in [4.69, 9.17) is 34.0 Å². The molecule has 0 aliphatic carbocycles. The molecule has 9 heteroatoms. The maximum absolute atomic E-state index is 13.5. The highest BCUT2D eigenvalue weighted by atomic mass is 35.5. The molecule has 3 atom stereocenters. The Kier molecular flexibility index (Phi) is 9.16. The van der Waals surface area contributed by atoms with Gasteiger partial charge in [-0.05, 0) is 60.8 Å². The molecule has 0 saturated carbocycles. The number of benzene rings is 2. The fraction of sp³-hybridized carbons (Fsp3) is 0.321. The molecule has 0 spiro atoms. The quantitative estimate of drug-likeness (QED) is 0.442. The number of amides is 2. The Balaban J connectivity index is 0.000000342. The second kappa shape index (κ2) is 12.5. The highest BCUT2D eigenvalue weighted by Crippen LogP contribution is 2.45. The van der Waals surface area contributed by atoms with Crippen molar-refractivity contribution in [3.8, 4) is 0 Å². The third-order valence-electron chi connectivity index (χ3n) is 6.74. The van der Waals surface area contributed by atoms with E-state index in [1.54, 1.807) is 53.6 Å². The van der Waals surface area contributed by atoms with Gasteiger partial charge < -0.3 is 21.1 Å². The van der Waals surface area contributed by atoms with Crippen LogP contribution >= 0.6 is 23.2 Å². The third kappa shape index (κ3) is 6.30. The van der Waals surface area contributed by atoms with Gasteiger partial charge in [-0.3, -0.25) is 14.6 Å². The lowest BCUT2D eigenvalue weighted by molar-refractivity contribution is -0.121. The monoisotopic (exact) mass is 540 g/mol. The number of carbonyl (C=O) groups is 2. The molecule has 0 bridgehead atoms. The molecule has 4 N–H and O–H groups in total. The minimum atomic E-state index is -0.689. The predicted molar refractivity (Wildman–Crippen MR) is 144 cm³/mol. The largest absolute Gasteiger partial charge is 0.390 e. The number of halogens is 2. The number of nitrogens with one attached hydrogen (secondary N) is 1. The molecular weight excluding hydrogens is 511 g/mol. The van der Waals surface area contributed by atoms with Crippen LogP contribution in [0.3, 0.4) is 0 Å². The zero-order valence-corrected chi connectivity index (χ0v) is 21.8. The number of pyridine rings is 1. The van der Waals surface area contributed by atoms with Crippen molar-refractivity contribution in [2.24, 2.45) is 5.73 Å². The van der Waals surface area contributed by atoms with Crippen LogP contribution < -0.4 is 11.1 Å². The maximum Gasteiger partial charge on any atom is 0.254 e. The summed E-state index contributed by atoms with van der Waals surface area (Å²) in [5.74, 6) is -1.28. The fourth-order valence-electron chi connectivity index (χ4n) is 5.00. The van der Waals surface area contributed by atoms with Gasteiger partial charge in [-0.2, -0.15) is 0 Å². The maximum atomic E-state index is 13.5. The first-order valence-electron chi connectivity index (χ1n) is 12.3.